The summed E-state index contributed by atoms with van der Waals surface area (Å²) in [6, 6.07) is -0.625. The Kier molecular flexibility index (Phi) is 4.02. The number of quaternary nitrogens is 1. The summed E-state index contributed by atoms with van der Waals surface area (Å²) in [5, 5.41) is 3.11. The van der Waals surface area contributed by atoms with Crippen molar-refractivity contribution < 1.29 is 19.1 Å². The van der Waals surface area contributed by atoms with Crippen molar-refractivity contribution in [3.05, 3.63) is 41.6 Å². The average molecular weight is 331 g/mol. The summed E-state index contributed by atoms with van der Waals surface area (Å²) >= 11 is 0. The molecule has 2 atom stereocenters. The van der Waals surface area contributed by atoms with Gasteiger partial charge < -0.3 is 0 Å². The molecule has 3 heterocycles. The molecule has 126 valence electrons. The maximum atomic E-state index is 13.2. The number of carbonyl (C=O) groups excluding carboxylic acids is 2. The number of nitroso groups, excluding NO2 is 1. The molecule has 0 saturated heterocycles. The molecule has 0 aromatic heterocycles. The fraction of sp³-hybridized carbons (Fsp3) is 0.438. The van der Waals surface area contributed by atoms with Gasteiger partial charge in [-0.25, -0.2) is 14.6 Å². The summed E-state index contributed by atoms with van der Waals surface area (Å²) in [4.78, 5) is 44.9. The van der Waals surface area contributed by atoms with Crippen LogP contribution < -0.4 is 5.32 Å². The first kappa shape index (κ1) is 16.4. The highest BCUT2D eigenvalue weighted by molar-refractivity contribution is 6.06. The van der Waals surface area contributed by atoms with Gasteiger partial charge in [0.1, 0.15) is 6.67 Å². The highest BCUT2D eigenvalue weighted by Crippen LogP contribution is 2.38. The smallest absolute Gasteiger partial charge is 0.276 e. The first-order valence-electron chi connectivity index (χ1n) is 7.97. The normalized spacial score (nSPS) is 28.6. The van der Waals surface area contributed by atoms with Crippen molar-refractivity contribution in [2.24, 2.45) is 4.99 Å². The SMILES string of the molecule is C=CCC1N=C2C3=C(N(C(=O)CC)CNC3)[N+](=O)[N+]2(CC=C)C1=O. The van der Waals surface area contributed by atoms with Gasteiger partial charge in [-0.05, 0) is 11.0 Å². The van der Waals surface area contributed by atoms with Gasteiger partial charge in [-0.15, -0.1) is 6.58 Å². The summed E-state index contributed by atoms with van der Waals surface area (Å²) in [6.45, 7) is 9.82. The van der Waals surface area contributed by atoms with Crippen molar-refractivity contribution in [1.29, 1.82) is 0 Å². The number of amides is 2. The van der Waals surface area contributed by atoms with Gasteiger partial charge in [0.05, 0.1) is 0 Å². The summed E-state index contributed by atoms with van der Waals surface area (Å²) in [5.74, 6) is 0.159. The van der Waals surface area contributed by atoms with Gasteiger partial charge in [0, 0.05) is 24.0 Å². The molecule has 0 saturated carbocycles. The Morgan fingerprint density at radius 2 is 2.25 bits per heavy atom. The maximum Gasteiger partial charge on any atom is 0.398 e. The molecule has 8 nitrogen and oxygen atoms in total. The summed E-state index contributed by atoms with van der Waals surface area (Å²) in [5.41, 5.74) is 0.611. The fourth-order valence-corrected chi connectivity index (χ4v) is 3.44. The van der Waals surface area contributed by atoms with Crippen LogP contribution in [0.1, 0.15) is 19.8 Å². The predicted molar refractivity (Wildman–Crippen MR) is 87.0 cm³/mol. The number of carbonyl (C=O) groups is 2. The molecule has 0 radical (unpaired) electrons. The predicted octanol–water partition coefficient (Wildman–Crippen LogP) is 0.591. The summed E-state index contributed by atoms with van der Waals surface area (Å²) in [7, 11) is 0. The van der Waals surface area contributed by atoms with Crippen molar-refractivity contribution >= 4 is 17.6 Å². The molecule has 1 N–H and O–H groups in total. The van der Waals surface area contributed by atoms with E-state index in [4.69, 9.17) is 0 Å². The van der Waals surface area contributed by atoms with Crippen LogP contribution in [0.25, 0.3) is 0 Å². The third-order valence-corrected chi connectivity index (χ3v) is 4.52. The lowest BCUT2D eigenvalue weighted by Gasteiger charge is -2.20. The van der Waals surface area contributed by atoms with Crippen molar-refractivity contribution in [2.75, 3.05) is 19.8 Å². The highest BCUT2D eigenvalue weighted by atomic mass is 16.4. The minimum Gasteiger partial charge on any atom is -0.276 e. The number of hydrogen-bond donors (Lipinski definition) is 1. The molecule has 0 aromatic rings. The molecule has 2 amide bonds. The van der Waals surface area contributed by atoms with Crippen LogP contribution in [0.15, 0.2) is 41.7 Å². The lowest BCUT2D eigenvalue weighted by atomic mass is 10.2. The molecule has 8 heteroatoms. The van der Waals surface area contributed by atoms with Gasteiger partial charge in [0.2, 0.25) is 0 Å². The van der Waals surface area contributed by atoms with Gasteiger partial charge >= 0.3 is 17.6 Å². The van der Waals surface area contributed by atoms with E-state index >= 15 is 0 Å². The standard InChI is InChI=1S/C16H21N5O3/c1-4-7-12-16(23)21(8-5-2)14(18-12)11-9-17-10-19(13(22)6-3)15(11)20(21)24/h4-5,12,17H,1-2,6-10H2,3H3/q+2. The minimum absolute atomic E-state index is 0.107. The van der Waals surface area contributed by atoms with Gasteiger partial charge in [-0.2, -0.15) is 4.90 Å². The molecule has 0 bridgehead atoms. The Labute approximate surface area is 139 Å². The Morgan fingerprint density at radius 1 is 1.50 bits per heavy atom. The quantitative estimate of drug-likeness (QED) is 0.454. The third kappa shape index (κ3) is 1.96. The number of nitrogens with zero attached hydrogens (tertiary/aromatic N) is 4. The second kappa shape index (κ2) is 5.88. The van der Waals surface area contributed by atoms with E-state index in [0.29, 0.717) is 29.2 Å². The molecule has 3 rings (SSSR count). The number of aliphatic imine (C=N–C) groups is 1. The van der Waals surface area contributed by atoms with Crippen LogP contribution >= 0.6 is 0 Å². The van der Waals surface area contributed by atoms with Crippen LogP contribution in [-0.4, -0.2) is 57.8 Å². The number of hydrogen-bond acceptors (Lipinski definition) is 5. The Hall–Kier alpha value is -2.45. The van der Waals surface area contributed by atoms with E-state index in [9.17, 15) is 14.5 Å². The monoisotopic (exact) mass is 331 g/mol. The van der Waals surface area contributed by atoms with E-state index in [1.807, 2.05) is 0 Å². The second-order valence-electron chi connectivity index (χ2n) is 5.91. The molecule has 2 unspecified atom stereocenters. The van der Waals surface area contributed by atoms with E-state index in [2.05, 4.69) is 23.5 Å². The molecule has 0 spiro atoms. The van der Waals surface area contributed by atoms with Crippen LogP contribution in [0, 0.1) is 4.91 Å². The van der Waals surface area contributed by atoms with Gasteiger partial charge in [-0.3, -0.25) is 5.32 Å². The second-order valence-corrected chi connectivity index (χ2v) is 5.91. The molecule has 3 aliphatic rings. The number of nitrogens with one attached hydrogen (secondary N) is 1. The van der Waals surface area contributed by atoms with Gasteiger partial charge in [0.15, 0.2) is 23.0 Å². The number of fused-ring (bicyclic) bond motifs is 2. The van der Waals surface area contributed by atoms with Gasteiger partial charge in [0.25, 0.3) is 5.84 Å². The van der Waals surface area contributed by atoms with E-state index in [1.54, 1.807) is 13.0 Å². The molecule has 3 aliphatic heterocycles. The molecular weight excluding hydrogens is 310 g/mol. The molecule has 0 aliphatic carbocycles. The zero-order valence-electron chi connectivity index (χ0n) is 13.7. The van der Waals surface area contributed by atoms with Crippen LogP contribution in [0.5, 0.6) is 0 Å². The van der Waals surface area contributed by atoms with E-state index in [-0.39, 0.29) is 37.3 Å². The first-order valence-corrected chi connectivity index (χ1v) is 7.97. The van der Waals surface area contributed by atoms with Crippen molar-refractivity contribution in [3.8, 4) is 0 Å². The van der Waals surface area contributed by atoms with Crippen molar-refractivity contribution in [2.45, 2.75) is 25.8 Å². The average Bonchev–Trinajstić information content (AvgIpc) is 2.99. The summed E-state index contributed by atoms with van der Waals surface area (Å²) < 4.78 is -0.568. The van der Waals surface area contributed by atoms with Crippen molar-refractivity contribution in [3.63, 3.8) is 0 Å². The Balaban J connectivity index is 2.15. The lowest BCUT2D eigenvalue weighted by Crippen LogP contribution is -2.58. The lowest BCUT2D eigenvalue weighted by molar-refractivity contribution is -1.22. The molecule has 0 fully saturated rings. The Morgan fingerprint density at radius 3 is 2.88 bits per heavy atom. The Bertz CT molecular complexity index is 723. The van der Waals surface area contributed by atoms with E-state index < -0.39 is 10.6 Å². The molecular formula is C16H21N5O3+2. The van der Waals surface area contributed by atoms with E-state index in [1.165, 1.54) is 11.0 Å². The van der Waals surface area contributed by atoms with Crippen LogP contribution in [0.2, 0.25) is 0 Å². The largest absolute Gasteiger partial charge is 0.398 e. The van der Waals surface area contributed by atoms with Crippen LogP contribution in [0.4, 0.5) is 0 Å². The van der Waals surface area contributed by atoms with Crippen LogP contribution in [-0.2, 0) is 9.59 Å². The van der Waals surface area contributed by atoms with Crippen LogP contribution in [0.3, 0.4) is 0 Å². The van der Waals surface area contributed by atoms with Gasteiger partial charge in [-0.1, -0.05) is 19.6 Å². The van der Waals surface area contributed by atoms with E-state index in [0.717, 1.165) is 0 Å². The topological polar surface area (TPSA) is 81.8 Å². The minimum atomic E-state index is -0.625. The fourth-order valence-electron chi connectivity index (χ4n) is 3.44. The van der Waals surface area contributed by atoms with Crippen molar-refractivity contribution in [1.82, 2.24) is 10.2 Å². The zero-order chi connectivity index (χ0) is 17.5. The maximum absolute atomic E-state index is 13.2. The highest BCUT2D eigenvalue weighted by Gasteiger charge is 2.70. The molecule has 24 heavy (non-hydrogen) atoms. The number of rotatable bonds is 5. The third-order valence-electron chi connectivity index (χ3n) is 4.52. The number of amidine groups is 1. The molecule has 0 aromatic carbocycles. The summed E-state index contributed by atoms with van der Waals surface area (Å²) in [6.07, 6.45) is 3.80. The first-order chi connectivity index (χ1) is 11.5. The zero-order valence-corrected chi connectivity index (χ0v) is 13.7.